The highest BCUT2D eigenvalue weighted by Gasteiger charge is 2.19. The predicted octanol–water partition coefficient (Wildman–Crippen LogP) is 1.53. The largest absolute Gasteiger partial charge is 0.497 e. The van der Waals surface area contributed by atoms with Crippen LogP contribution in [0.3, 0.4) is 0 Å². The van der Waals surface area contributed by atoms with Gasteiger partial charge in [-0.05, 0) is 23.8 Å². The summed E-state index contributed by atoms with van der Waals surface area (Å²) in [7, 11) is 3.11. The van der Waals surface area contributed by atoms with Crippen LogP contribution in [0.1, 0.15) is 27.7 Å². The summed E-state index contributed by atoms with van der Waals surface area (Å²) in [4.78, 5) is 15.8. The molecule has 5 nitrogen and oxygen atoms in total. The molecule has 0 saturated heterocycles. The average molecular weight is 272 g/mol. The number of hydrogen-bond donors (Lipinski definition) is 2. The smallest absolute Gasteiger partial charge is 0.270 e. The summed E-state index contributed by atoms with van der Waals surface area (Å²) in [6.45, 7) is 0. The molecule has 0 aliphatic heterocycles. The summed E-state index contributed by atoms with van der Waals surface area (Å²) in [5.41, 5.74) is 1.36. The first-order valence-corrected chi connectivity index (χ1v) is 6.16. The number of carbonyl (C=O) groups excluding carboxylic acids is 1. The van der Waals surface area contributed by atoms with Crippen molar-refractivity contribution in [3.05, 3.63) is 59.4 Å². The fourth-order valence-corrected chi connectivity index (χ4v) is 1.91. The zero-order valence-electron chi connectivity index (χ0n) is 11.3. The Labute approximate surface area is 117 Å². The van der Waals surface area contributed by atoms with Crippen LogP contribution in [-0.2, 0) is 0 Å². The lowest BCUT2D eigenvalue weighted by Gasteiger charge is -2.14. The lowest BCUT2D eigenvalue weighted by Crippen LogP contribution is -2.22. The van der Waals surface area contributed by atoms with Gasteiger partial charge >= 0.3 is 0 Å². The highest BCUT2D eigenvalue weighted by Crippen LogP contribution is 2.25. The van der Waals surface area contributed by atoms with Crippen molar-refractivity contribution in [3.63, 3.8) is 0 Å². The lowest BCUT2D eigenvalue weighted by atomic mass is 9.99. The highest BCUT2D eigenvalue weighted by atomic mass is 16.5. The molecule has 104 valence electrons. The second kappa shape index (κ2) is 6.16. The van der Waals surface area contributed by atoms with Gasteiger partial charge in [0.1, 0.15) is 17.5 Å². The van der Waals surface area contributed by atoms with Crippen molar-refractivity contribution in [2.24, 2.45) is 0 Å². The first-order valence-electron chi connectivity index (χ1n) is 6.16. The molecule has 2 N–H and O–H groups in total. The number of nitrogens with zero attached hydrogens (tertiary/aromatic N) is 1. The maximum Gasteiger partial charge on any atom is 0.270 e. The van der Waals surface area contributed by atoms with E-state index in [-0.39, 0.29) is 11.6 Å². The van der Waals surface area contributed by atoms with Crippen LogP contribution < -0.4 is 10.1 Å². The standard InChI is InChI=1S/C15H16N2O3/c1-16-15(19)13-12(4-3-9-17-13)14(18)10-5-7-11(20-2)8-6-10/h3-9,14,18H,1-2H3,(H,16,19). The Hall–Kier alpha value is -2.40. The molecule has 1 aromatic heterocycles. The van der Waals surface area contributed by atoms with E-state index in [9.17, 15) is 9.90 Å². The van der Waals surface area contributed by atoms with Crippen molar-refractivity contribution in [2.45, 2.75) is 6.10 Å². The minimum atomic E-state index is -0.915. The fraction of sp³-hybridized carbons (Fsp3) is 0.200. The SMILES string of the molecule is CNC(=O)c1ncccc1C(O)c1ccc(OC)cc1. The quantitative estimate of drug-likeness (QED) is 0.885. The van der Waals surface area contributed by atoms with Crippen molar-refractivity contribution >= 4 is 5.91 Å². The van der Waals surface area contributed by atoms with E-state index >= 15 is 0 Å². The molecule has 0 fully saturated rings. The number of aliphatic hydroxyl groups excluding tert-OH is 1. The number of carbonyl (C=O) groups is 1. The molecular weight excluding hydrogens is 256 g/mol. The van der Waals surface area contributed by atoms with E-state index < -0.39 is 6.10 Å². The molecule has 0 aliphatic rings. The fourth-order valence-electron chi connectivity index (χ4n) is 1.91. The molecule has 2 aromatic rings. The normalized spacial score (nSPS) is 11.8. The number of nitrogens with one attached hydrogen (secondary N) is 1. The van der Waals surface area contributed by atoms with Crippen LogP contribution in [0.15, 0.2) is 42.6 Å². The molecule has 20 heavy (non-hydrogen) atoms. The molecule has 1 heterocycles. The van der Waals surface area contributed by atoms with Crippen LogP contribution in [0.4, 0.5) is 0 Å². The third-order valence-electron chi connectivity index (χ3n) is 3.01. The van der Waals surface area contributed by atoms with Gasteiger partial charge < -0.3 is 15.2 Å². The molecule has 1 amide bonds. The van der Waals surface area contributed by atoms with Crippen LogP contribution >= 0.6 is 0 Å². The van der Waals surface area contributed by atoms with Crippen molar-refractivity contribution in [1.82, 2.24) is 10.3 Å². The summed E-state index contributed by atoms with van der Waals surface area (Å²) in [5.74, 6) is 0.381. The van der Waals surface area contributed by atoms with Gasteiger partial charge in [0.15, 0.2) is 0 Å². The summed E-state index contributed by atoms with van der Waals surface area (Å²) in [6.07, 6.45) is 0.608. The maximum absolute atomic E-state index is 11.8. The van der Waals surface area contributed by atoms with Gasteiger partial charge in [-0.3, -0.25) is 9.78 Å². The van der Waals surface area contributed by atoms with Gasteiger partial charge in [-0.2, -0.15) is 0 Å². The summed E-state index contributed by atoms with van der Waals surface area (Å²) in [5, 5.41) is 12.9. The zero-order chi connectivity index (χ0) is 14.5. The summed E-state index contributed by atoms with van der Waals surface area (Å²) >= 11 is 0. The average Bonchev–Trinajstić information content (AvgIpc) is 2.53. The third-order valence-corrected chi connectivity index (χ3v) is 3.01. The Morgan fingerprint density at radius 1 is 1.30 bits per heavy atom. The number of methoxy groups -OCH3 is 1. The van der Waals surface area contributed by atoms with Gasteiger partial charge in [-0.25, -0.2) is 0 Å². The zero-order valence-corrected chi connectivity index (χ0v) is 11.3. The van der Waals surface area contributed by atoms with Crippen molar-refractivity contribution in [3.8, 4) is 5.75 Å². The number of aliphatic hydroxyl groups is 1. The molecule has 1 unspecified atom stereocenters. The molecule has 0 bridgehead atoms. The van der Waals surface area contributed by atoms with Gasteiger partial charge in [0, 0.05) is 18.8 Å². The predicted molar refractivity (Wildman–Crippen MR) is 74.7 cm³/mol. The van der Waals surface area contributed by atoms with E-state index in [2.05, 4.69) is 10.3 Å². The molecule has 1 atom stereocenters. The van der Waals surface area contributed by atoms with E-state index in [1.807, 2.05) is 0 Å². The van der Waals surface area contributed by atoms with Gasteiger partial charge in [-0.15, -0.1) is 0 Å². The topological polar surface area (TPSA) is 71.5 Å². The maximum atomic E-state index is 11.8. The van der Waals surface area contributed by atoms with Gasteiger partial charge in [0.05, 0.1) is 7.11 Å². The molecule has 0 radical (unpaired) electrons. The minimum absolute atomic E-state index is 0.221. The first kappa shape index (κ1) is 14.0. The second-order valence-electron chi connectivity index (χ2n) is 4.20. The van der Waals surface area contributed by atoms with Gasteiger partial charge in [-0.1, -0.05) is 18.2 Å². The van der Waals surface area contributed by atoms with Crippen LogP contribution in [-0.4, -0.2) is 30.2 Å². The van der Waals surface area contributed by atoms with E-state index in [4.69, 9.17) is 4.74 Å². The number of pyridine rings is 1. The Morgan fingerprint density at radius 2 is 2.00 bits per heavy atom. The Morgan fingerprint density at radius 3 is 2.60 bits per heavy atom. The van der Waals surface area contributed by atoms with Crippen LogP contribution in [0.2, 0.25) is 0 Å². The van der Waals surface area contributed by atoms with E-state index in [1.54, 1.807) is 43.5 Å². The monoisotopic (exact) mass is 272 g/mol. The number of hydrogen-bond acceptors (Lipinski definition) is 4. The Bertz CT molecular complexity index is 596. The lowest BCUT2D eigenvalue weighted by molar-refractivity contribution is 0.0952. The Kier molecular flexibility index (Phi) is 4.32. The molecule has 2 rings (SSSR count). The van der Waals surface area contributed by atoms with Crippen molar-refractivity contribution < 1.29 is 14.6 Å². The number of benzene rings is 1. The molecule has 0 spiro atoms. The summed E-state index contributed by atoms with van der Waals surface area (Å²) in [6, 6.07) is 10.4. The van der Waals surface area contributed by atoms with Crippen LogP contribution in [0.25, 0.3) is 0 Å². The number of rotatable bonds is 4. The van der Waals surface area contributed by atoms with E-state index in [0.29, 0.717) is 16.9 Å². The second-order valence-corrected chi connectivity index (χ2v) is 4.20. The molecule has 1 aromatic carbocycles. The van der Waals surface area contributed by atoms with E-state index in [0.717, 1.165) is 0 Å². The van der Waals surface area contributed by atoms with Crippen LogP contribution in [0.5, 0.6) is 5.75 Å². The van der Waals surface area contributed by atoms with Crippen molar-refractivity contribution in [2.75, 3.05) is 14.2 Å². The van der Waals surface area contributed by atoms with Gasteiger partial charge in [0.2, 0.25) is 0 Å². The number of amides is 1. The molecular formula is C15H16N2O3. The number of aromatic nitrogens is 1. The van der Waals surface area contributed by atoms with E-state index in [1.165, 1.54) is 13.2 Å². The molecule has 5 heteroatoms. The molecule has 0 aliphatic carbocycles. The van der Waals surface area contributed by atoms with Crippen molar-refractivity contribution in [1.29, 1.82) is 0 Å². The first-order chi connectivity index (χ1) is 9.67. The molecule has 0 saturated carbocycles. The van der Waals surface area contributed by atoms with Gasteiger partial charge in [0.25, 0.3) is 5.91 Å². The Balaban J connectivity index is 2.37. The van der Waals surface area contributed by atoms with Crippen LogP contribution in [0, 0.1) is 0 Å². The number of ether oxygens (including phenoxy) is 1. The minimum Gasteiger partial charge on any atom is -0.497 e. The highest BCUT2D eigenvalue weighted by molar-refractivity contribution is 5.93. The summed E-state index contributed by atoms with van der Waals surface area (Å²) < 4.78 is 5.08. The third kappa shape index (κ3) is 2.78.